The van der Waals surface area contributed by atoms with Crippen molar-refractivity contribution >= 4 is 5.97 Å². The molecule has 0 saturated heterocycles. The topological polar surface area (TPSA) is 58.6 Å². The van der Waals surface area contributed by atoms with Gasteiger partial charge in [0.15, 0.2) is 0 Å². The van der Waals surface area contributed by atoms with E-state index in [0.717, 1.165) is 18.8 Å². The Balaban J connectivity index is 1.70. The molecule has 2 aliphatic carbocycles. The van der Waals surface area contributed by atoms with Crippen LogP contribution in [0.2, 0.25) is 0 Å². The Hall–Kier alpha value is -0.610. The van der Waals surface area contributed by atoms with Crippen LogP contribution in [0.1, 0.15) is 52.4 Å². The highest BCUT2D eigenvalue weighted by Gasteiger charge is 2.40. The van der Waals surface area contributed by atoms with Crippen molar-refractivity contribution in [3.63, 3.8) is 0 Å². The van der Waals surface area contributed by atoms with Gasteiger partial charge in [0.25, 0.3) is 0 Å². The van der Waals surface area contributed by atoms with Gasteiger partial charge in [0.2, 0.25) is 0 Å². The van der Waals surface area contributed by atoms with Crippen molar-refractivity contribution in [2.24, 2.45) is 11.8 Å². The molecule has 2 unspecified atom stereocenters. The minimum Gasteiger partial charge on any atom is -0.466 e. The second-order valence-electron chi connectivity index (χ2n) is 6.14. The van der Waals surface area contributed by atoms with Crippen LogP contribution < -0.4 is 5.32 Å². The van der Waals surface area contributed by atoms with Gasteiger partial charge in [0.05, 0.1) is 18.1 Å². The largest absolute Gasteiger partial charge is 0.466 e. The van der Waals surface area contributed by atoms with Crippen LogP contribution in [0, 0.1) is 11.8 Å². The number of nitrogens with one attached hydrogen (secondary N) is 1. The minimum atomic E-state index is -0.621. The quantitative estimate of drug-likeness (QED) is 0.723. The van der Waals surface area contributed by atoms with Crippen LogP contribution >= 0.6 is 0 Å². The van der Waals surface area contributed by atoms with Gasteiger partial charge in [-0.1, -0.05) is 13.3 Å². The zero-order valence-corrected chi connectivity index (χ0v) is 12.2. The third-order valence-electron chi connectivity index (χ3n) is 4.68. The van der Waals surface area contributed by atoms with Crippen LogP contribution in [0.3, 0.4) is 0 Å². The molecule has 2 saturated carbocycles. The van der Waals surface area contributed by atoms with E-state index in [9.17, 15) is 9.90 Å². The zero-order chi connectivity index (χ0) is 13.9. The number of carbonyl (C=O) groups excluding carboxylic acids is 1. The Morgan fingerprint density at radius 1 is 1.37 bits per heavy atom. The summed E-state index contributed by atoms with van der Waals surface area (Å²) in [6, 6.07) is 0.608. The zero-order valence-electron chi connectivity index (χ0n) is 12.2. The summed E-state index contributed by atoms with van der Waals surface area (Å²) in [4.78, 5) is 11.6. The first-order valence-electron chi connectivity index (χ1n) is 7.70. The SMILES string of the molecule is CCOC(=O)C1CCC(O)(CNC2CC2CC)CC1. The van der Waals surface area contributed by atoms with Crippen molar-refractivity contribution in [1.82, 2.24) is 5.32 Å². The smallest absolute Gasteiger partial charge is 0.308 e. The van der Waals surface area contributed by atoms with Gasteiger partial charge in [-0.15, -0.1) is 0 Å². The molecule has 4 heteroatoms. The fourth-order valence-corrected chi connectivity index (χ4v) is 3.10. The van der Waals surface area contributed by atoms with E-state index in [0.29, 0.717) is 32.0 Å². The molecule has 0 spiro atoms. The number of hydrogen-bond donors (Lipinski definition) is 2. The van der Waals surface area contributed by atoms with Crippen LogP contribution in [0.4, 0.5) is 0 Å². The first kappa shape index (κ1) is 14.8. The predicted octanol–water partition coefficient (Wildman–Crippen LogP) is 1.86. The third kappa shape index (κ3) is 3.93. The van der Waals surface area contributed by atoms with Crippen molar-refractivity contribution in [2.45, 2.75) is 64.0 Å². The Labute approximate surface area is 115 Å². The molecule has 2 N–H and O–H groups in total. The lowest BCUT2D eigenvalue weighted by atomic mass is 9.78. The van der Waals surface area contributed by atoms with Crippen LogP contribution in [0.5, 0.6) is 0 Å². The Morgan fingerprint density at radius 3 is 2.58 bits per heavy atom. The maximum atomic E-state index is 11.6. The van der Waals surface area contributed by atoms with E-state index in [1.165, 1.54) is 12.8 Å². The average Bonchev–Trinajstić information content (AvgIpc) is 3.16. The molecule has 0 aromatic heterocycles. The summed E-state index contributed by atoms with van der Waals surface area (Å²) >= 11 is 0. The van der Waals surface area contributed by atoms with Gasteiger partial charge < -0.3 is 15.2 Å². The molecular formula is C15H27NO3. The maximum absolute atomic E-state index is 11.6. The molecule has 0 bridgehead atoms. The van der Waals surface area contributed by atoms with E-state index >= 15 is 0 Å². The Kier molecular flexibility index (Phi) is 4.85. The van der Waals surface area contributed by atoms with E-state index in [1.807, 2.05) is 6.92 Å². The fraction of sp³-hybridized carbons (Fsp3) is 0.933. The fourth-order valence-electron chi connectivity index (χ4n) is 3.10. The Bertz CT molecular complexity index is 311. The van der Waals surface area contributed by atoms with E-state index in [2.05, 4.69) is 12.2 Å². The second kappa shape index (κ2) is 6.23. The molecule has 2 fully saturated rings. The molecule has 0 aliphatic heterocycles. The van der Waals surface area contributed by atoms with E-state index in [4.69, 9.17) is 4.74 Å². The molecule has 0 aromatic carbocycles. The monoisotopic (exact) mass is 269 g/mol. The van der Waals surface area contributed by atoms with Crippen molar-refractivity contribution < 1.29 is 14.6 Å². The van der Waals surface area contributed by atoms with E-state index in [-0.39, 0.29) is 11.9 Å². The summed E-state index contributed by atoms with van der Waals surface area (Å²) in [5.41, 5.74) is -0.621. The molecule has 0 heterocycles. The van der Waals surface area contributed by atoms with Crippen molar-refractivity contribution in [2.75, 3.05) is 13.2 Å². The lowest BCUT2D eigenvalue weighted by molar-refractivity contribution is -0.151. The van der Waals surface area contributed by atoms with Crippen LogP contribution in [-0.2, 0) is 9.53 Å². The first-order chi connectivity index (χ1) is 9.08. The summed E-state index contributed by atoms with van der Waals surface area (Å²) < 4.78 is 5.05. The van der Waals surface area contributed by atoms with E-state index in [1.54, 1.807) is 0 Å². The number of carbonyl (C=O) groups is 1. The van der Waals surface area contributed by atoms with E-state index < -0.39 is 5.60 Å². The number of hydrogen-bond acceptors (Lipinski definition) is 4. The molecule has 0 amide bonds. The first-order valence-corrected chi connectivity index (χ1v) is 7.70. The maximum Gasteiger partial charge on any atom is 0.308 e. The summed E-state index contributed by atoms with van der Waals surface area (Å²) in [5, 5.41) is 14.0. The number of esters is 1. The van der Waals surface area contributed by atoms with Crippen LogP contribution in [0.25, 0.3) is 0 Å². The van der Waals surface area contributed by atoms with Crippen LogP contribution in [0.15, 0.2) is 0 Å². The average molecular weight is 269 g/mol. The molecule has 2 aliphatic rings. The van der Waals surface area contributed by atoms with Gasteiger partial charge in [-0.3, -0.25) is 4.79 Å². The van der Waals surface area contributed by atoms with Gasteiger partial charge in [0, 0.05) is 12.6 Å². The van der Waals surface area contributed by atoms with Gasteiger partial charge in [-0.25, -0.2) is 0 Å². The summed E-state index contributed by atoms with van der Waals surface area (Å²) in [5.74, 6) is 0.703. The summed E-state index contributed by atoms with van der Waals surface area (Å²) in [6.45, 7) is 5.16. The molecule has 2 rings (SSSR count). The molecule has 2 atom stereocenters. The highest BCUT2D eigenvalue weighted by atomic mass is 16.5. The highest BCUT2D eigenvalue weighted by Crippen LogP contribution is 2.36. The Morgan fingerprint density at radius 2 is 2.05 bits per heavy atom. The summed E-state index contributed by atoms with van der Waals surface area (Å²) in [7, 11) is 0. The van der Waals surface area contributed by atoms with Gasteiger partial charge in [-0.2, -0.15) is 0 Å². The molecule has 19 heavy (non-hydrogen) atoms. The molecule has 0 radical (unpaired) electrons. The highest BCUT2D eigenvalue weighted by molar-refractivity contribution is 5.72. The van der Waals surface area contributed by atoms with Crippen molar-refractivity contribution in [3.8, 4) is 0 Å². The third-order valence-corrected chi connectivity index (χ3v) is 4.68. The van der Waals surface area contributed by atoms with Gasteiger partial charge in [0.1, 0.15) is 0 Å². The molecule has 4 nitrogen and oxygen atoms in total. The normalized spacial score (nSPS) is 37.9. The second-order valence-corrected chi connectivity index (χ2v) is 6.14. The lowest BCUT2D eigenvalue weighted by Gasteiger charge is -2.35. The standard InChI is InChI=1S/C15H27NO3/c1-3-11-9-13(11)16-10-15(18)7-5-12(6-8-15)14(17)19-4-2/h11-13,16,18H,3-10H2,1-2H3. The van der Waals surface area contributed by atoms with Crippen molar-refractivity contribution in [3.05, 3.63) is 0 Å². The summed E-state index contributed by atoms with van der Waals surface area (Å²) in [6.07, 6.45) is 5.37. The van der Waals surface area contributed by atoms with Gasteiger partial charge in [-0.05, 0) is 44.9 Å². The lowest BCUT2D eigenvalue weighted by Crippen LogP contribution is -2.45. The number of rotatable bonds is 6. The van der Waals surface area contributed by atoms with Gasteiger partial charge >= 0.3 is 5.97 Å². The van der Waals surface area contributed by atoms with Crippen molar-refractivity contribution in [1.29, 1.82) is 0 Å². The van der Waals surface area contributed by atoms with Crippen LogP contribution in [-0.4, -0.2) is 35.9 Å². The predicted molar refractivity (Wildman–Crippen MR) is 73.7 cm³/mol. The molecule has 110 valence electrons. The minimum absolute atomic E-state index is 0.00968. The molecule has 0 aromatic rings. The number of ether oxygens (including phenoxy) is 1. The number of aliphatic hydroxyl groups is 1. The molecular weight excluding hydrogens is 242 g/mol.